The molecule has 0 bridgehead atoms. The van der Waals surface area contributed by atoms with Crippen LogP contribution in [0.3, 0.4) is 0 Å². The molecule has 0 saturated carbocycles. The van der Waals surface area contributed by atoms with E-state index in [1.165, 1.54) is 6.92 Å². The minimum Gasteiger partial charge on any atom is -0.497 e. The summed E-state index contributed by atoms with van der Waals surface area (Å²) in [6.07, 6.45) is 0. The molecule has 0 fully saturated rings. The molecule has 5 heteroatoms. The number of methoxy groups -OCH3 is 2. The summed E-state index contributed by atoms with van der Waals surface area (Å²) < 4.78 is 10.4. The van der Waals surface area contributed by atoms with Gasteiger partial charge in [-0.05, 0) is 17.7 Å². The van der Waals surface area contributed by atoms with Crippen LogP contribution in [0.4, 0.5) is 0 Å². The summed E-state index contributed by atoms with van der Waals surface area (Å²) in [5.74, 6) is 1.53. The lowest BCUT2D eigenvalue weighted by Gasteiger charge is -2.09. The van der Waals surface area contributed by atoms with Crippen molar-refractivity contribution in [3.05, 3.63) is 23.8 Å². The summed E-state index contributed by atoms with van der Waals surface area (Å²) in [4.78, 5) is 10.7. The molecule has 2 N–H and O–H groups in total. The molecular weight excluding hydrogens is 232 g/mol. The molecule has 0 aromatic heterocycles. The van der Waals surface area contributed by atoms with Crippen molar-refractivity contribution in [1.29, 1.82) is 0 Å². The van der Waals surface area contributed by atoms with Crippen LogP contribution in [0.25, 0.3) is 0 Å². The van der Waals surface area contributed by atoms with Crippen LogP contribution < -0.4 is 20.1 Å². The molecule has 1 aromatic rings. The van der Waals surface area contributed by atoms with Crippen LogP contribution in [0.1, 0.15) is 12.5 Å². The quantitative estimate of drug-likeness (QED) is 0.709. The first-order valence-corrected chi connectivity index (χ1v) is 5.83. The Morgan fingerprint density at radius 1 is 1.11 bits per heavy atom. The van der Waals surface area contributed by atoms with Crippen LogP contribution in [0.15, 0.2) is 18.2 Å². The molecule has 0 aliphatic rings. The van der Waals surface area contributed by atoms with Crippen LogP contribution in [-0.4, -0.2) is 33.2 Å². The molecule has 0 radical (unpaired) electrons. The first-order chi connectivity index (χ1) is 8.65. The van der Waals surface area contributed by atoms with E-state index >= 15 is 0 Å². The molecule has 0 saturated heterocycles. The van der Waals surface area contributed by atoms with Gasteiger partial charge in [-0.25, -0.2) is 0 Å². The van der Waals surface area contributed by atoms with Gasteiger partial charge < -0.3 is 20.1 Å². The average molecular weight is 252 g/mol. The van der Waals surface area contributed by atoms with Crippen LogP contribution in [0, 0.1) is 0 Å². The van der Waals surface area contributed by atoms with E-state index in [2.05, 4.69) is 10.6 Å². The summed E-state index contributed by atoms with van der Waals surface area (Å²) in [5, 5.41) is 5.96. The van der Waals surface area contributed by atoms with Gasteiger partial charge in [0.2, 0.25) is 5.91 Å². The topological polar surface area (TPSA) is 59.6 Å². The maximum atomic E-state index is 10.7. The lowest BCUT2D eigenvalue weighted by Crippen LogP contribution is -2.29. The van der Waals surface area contributed by atoms with Gasteiger partial charge >= 0.3 is 0 Å². The Bertz CT molecular complexity index is 372. The van der Waals surface area contributed by atoms with E-state index in [0.29, 0.717) is 13.1 Å². The largest absolute Gasteiger partial charge is 0.497 e. The van der Waals surface area contributed by atoms with E-state index in [9.17, 15) is 4.79 Å². The van der Waals surface area contributed by atoms with Crippen molar-refractivity contribution >= 4 is 5.91 Å². The fourth-order valence-corrected chi connectivity index (χ4v) is 1.53. The van der Waals surface area contributed by atoms with Gasteiger partial charge in [-0.2, -0.15) is 0 Å². The van der Waals surface area contributed by atoms with Crippen molar-refractivity contribution < 1.29 is 14.3 Å². The molecule has 0 spiro atoms. The molecule has 100 valence electrons. The van der Waals surface area contributed by atoms with Crippen LogP contribution in [0.5, 0.6) is 11.5 Å². The molecule has 0 aliphatic carbocycles. The Hall–Kier alpha value is -1.75. The zero-order valence-corrected chi connectivity index (χ0v) is 11.1. The van der Waals surface area contributed by atoms with Crippen LogP contribution in [0.2, 0.25) is 0 Å². The minimum absolute atomic E-state index is 0.0140. The van der Waals surface area contributed by atoms with Gasteiger partial charge in [-0.3, -0.25) is 4.79 Å². The third kappa shape index (κ3) is 5.05. The Morgan fingerprint density at radius 2 is 1.72 bits per heavy atom. The van der Waals surface area contributed by atoms with Crippen molar-refractivity contribution in [3.63, 3.8) is 0 Å². The predicted octanol–water partition coefficient (Wildman–Crippen LogP) is 0.929. The average Bonchev–Trinajstić information content (AvgIpc) is 2.37. The smallest absolute Gasteiger partial charge is 0.216 e. The minimum atomic E-state index is -0.0140. The molecule has 0 unspecified atom stereocenters. The molecule has 18 heavy (non-hydrogen) atoms. The number of ether oxygens (including phenoxy) is 2. The molecule has 5 nitrogen and oxygen atoms in total. The lowest BCUT2D eigenvalue weighted by atomic mass is 10.2. The molecule has 1 rings (SSSR count). The highest BCUT2D eigenvalue weighted by Crippen LogP contribution is 2.22. The first kappa shape index (κ1) is 14.3. The molecular formula is C13H20N2O3. The standard InChI is InChI=1S/C13H20N2O3/c1-10(16)15-5-4-14-9-11-6-12(17-2)8-13(7-11)18-3/h6-8,14H,4-5,9H2,1-3H3,(H,15,16). The van der Waals surface area contributed by atoms with Crippen molar-refractivity contribution in [1.82, 2.24) is 10.6 Å². The number of hydrogen-bond donors (Lipinski definition) is 2. The van der Waals surface area contributed by atoms with Gasteiger partial charge in [-0.1, -0.05) is 0 Å². The van der Waals surface area contributed by atoms with E-state index in [1.807, 2.05) is 18.2 Å². The third-order valence-corrected chi connectivity index (χ3v) is 2.42. The summed E-state index contributed by atoms with van der Waals surface area (Å²) in [7, 11) is 3.26. The van der Waals surface area contributed by atoms with Crippen molar-refractivity contribution in [3.8, 4) is 11.5 Å². The van der Waals surface area contributed by atoms with Gasteiger partial charge in [0, 0.05) is 32.6 Å². The van der Waals surface area contributed by atoms with Gasteiger partial charge in [0.15, 0.2) is 0 Å². The van der Waals surface area contributed by atoms with E-state index < -0.39 is 0 Å². The summed E-state index contributed by atoms with van der Waals surface area (Å²) in [6.45, 7) is 3.55. The number of rotatable bonds is 7. The number of carbonyl (C=O) groups excluding carboxylic acids is 1. The third-order valence-electron chi connectivity index (χ3n) is 2.42. The highest BCUT2D eigenvalue weighted by Gasteiger charge is 2.01. The molecule has 0 atom stereocenters. The van der Waals surface area contributed by atoms with Gasteiger partial charge in [-0.15, -0.1) is 0 Å². The van der Waals surface area contributed by atoms with Crippen LogP contribution >= 0.6 is 0 Å². The fourth-order valence-electron chi connectivity index (χ4n) is 1.53. The van der Waals surface area contributed by atoms with E-state index in [1.54, 1.807) is 14.2 Å². The summed E-state index contributed by atoms with van der Waals surface area (Å²) in [6, 6.07) is 5.74. The number of carbonyl (C=O) groups is 1. The Balaban J connectivity index is 2.43. The maximum Gasteiger partial charge on any atom is 0.216 e. The van der Waals surface area contributed by atoms with Crippen molar-refractivity contribution in [2.24, 2.45) is 0 Å². The predicted molar refractivity (Wildman–Crippen MR) is 69.9 cm³/mol. The van der Waals surface area contributed by atoms with E-state index in [4.69, 9.17) is 9.47 Å². The number of benzene rings is 1. The van der Waals surface area contributed by atoms with Gasteiger partial charge in [0.1, 0.15) is 11.5 Å². The normalized spacial score (nSPS) is 9.94. The molecule has 0 aliphatic heterocycles. The van der Waals surface area contributed by atoms with Crippen LogP contribution in [-0.2, 0) is 11.3 Å². The van der Waals surface area contributed by atoms with Crippen molar-refractivity contribution in [2.75, 3.05) is 27.3 Å². The summed E-state index contributed by atoms with van der Waals surface area (Å²) in [5.41, 5.74) is 1.08. The number of hydrogen-bond acceptors (Lipinski definition) is 4. The SMILES string of the molecule is COc1cc(CNCCNC(C)=O)cc(OC)c1. The monoisotopic (exact) mass is 252 g/mol. The first-order valence-electron chi connectivity index (χ1n) is 5.83. The lowest BCUT2D eigenvalue weighted by molar-refractivity contribution is -0.118. The molecule has 0 heterocycles. The Morgan fingerprint density at radius 3 is 2.22 bits per heavy atom. The highest BCUT2D eigenvalue weighted by molar-refractivity contribution is 5.72. The Labute approximate surface area is 107 Å². The van der Waals surface area contributed by atoms with E-state index in [-0.39, 0.29) is 5.91 Å². The molecule has 1 amide bonds. The zero-order chi connectivity index (χ0) is 13.4. The second-order valence-electron chi connectivity index (χ2n) is 3.88. The second kappa shape index (κ2) is 7.55. The van der Waals surface area contributed by atoms with Crippen molar-refractivity contribution in [2.45, 2.75) is 13.5 Å². The second-order valence-corrected chi connectivity index (χ2v) is 3.88. The highest BCUT2D eigenvalue weighted by atomic mass is 16.5. The van der Waals surface area contributed by atoms with Gasteiger partial charge in [0.25, 0.3) is 0 Å². The number of nitrogens with one attached hydrogen (secondary N) is 2. The number of amides is 1. The fraction of sp³-hybridized carbons (Fsp3) is 0.462. The summed E-state index contributed by atoms with van der Waals surface area (Å²) >= 11 is 0. The van der Waals surface area contributed by atoms with Gasteiger partial charge in [0.05, 0.1) is 14.2 Å². The Kier molecular flexibility index (Phi) is 6.00. The maximum absolute atomic E-state index is 10.7. The van der Waals surface area contributed by atoms with E-state index in [0.717, 1.165) is 23.6 Å². The zero-order valence-electron chi connectivity index (χ0n) is 11.1. The molecule has 1 aromatic carbocycles.